The van der Waals surface area contributed by atoms with E-state index in [1.165, 1.54) is 0 Å². The highest BCUT2D eigenvalue weighted by Crippen LogP contribution is 2.22. The molecule has 1 atom stereocenters. The van der Waals surface area contributed by atoms with E-state index in [0.29, 0.717) is 21.5 Å². The Labute approximate surface area is 143 Å². The molecule has 0 aliphatic rings. The van der Waals surface area contributed by atoms with Crippen LogP contribution in [0.1, 0.15) is 24.2 Å². The monoisotopic (exact) mass is 341 g/mol. The van der Waals surface area contributed by atoms with Crippen LogP contribution in [0.25, 0.3) is 10.8 Å². The third-order valence-corrected chi connectivity index (χ3v) is 4.20. The van der Waals surface area contributed by atoms with Gasteiger partial charge < -0.3 is 5.32 Å². The summed E-state index contributed by atoms with van der Waals surface area (Å²) in [6, 6.07) is 14.3. The first kappa shape index (κ1) is 16.2. The van der Waals surface area contributed by atoms with E-state index in [2.05, 4.69) is 15.5 Å². The summed E-state index contributed by atoms with van der Waals surface area (Å²) in [6.07, 6.45) is 0.0755. The molecule has 0 radical (unpaired) electrons. The zero-order chi connectivity index (χ0) is 17.1. The van der Waals surface area contributed by atoms with E-state index in [9.17, 15) is 9.59 Å². The van der Waals surface area contributed by atoms with Gasteiger partial charge in [0, 0.05) is 10.4 Å². The summed E-state index contributed by atoms with van der Waals surface area (Å²) in [7, 11) is 0. The Morgan fingerprint density at radius 2 is 1.83 bits per heavy atom. The number of nitrogens with one attached hydrogen (secondary N) is 2. The number of H-pyrrole nitrogens is 1. The fraction of sp³-hybridized carbons (Fsp3) is 0.167. The SMILES string of the molecule is C[C@H](NC(=O)Cc1n[nH]c(=O)c2ccccc12)c1ccccc1Cl. The molecule has 0 aliphatic heterocycles. The number of carbonyl (C=O) groups excluding carboxylic acids is 1. The molecule has 0 saturated carbocycles. The van der Waals surface area contributed by atoms with E-state index in [-0.39, 0.29) is 23.9 Å². The Morgan fingerprint density at radius 1 is 1.17 bits per heavy atom. The van der Waals surface area contributed by atoms with Crippen molar-refractivity contribution in [3.05, 3.63) is 75.2 Å². The highest BCUT2D eigenvalue weighted by Gasteiger charge is 2.15. The molecule has 6 heteroatoms. The van der Waals surface area contributed by atoms with Crippen LogP contribution in [-0.2, 0) is 11.2 Å². The van der Waals surface area contributed by atoms with Crippen molar-refractivity contribution in [2.45, 2.75) is 19.4 Å². The maximum absolute atomic E-state index is 12.3. The van der Waals surface area contributed by atoms with Crippen LogP contribution in [0.15, 0.2) is 53.3 Å². The second-order valence-electron chi connectivity index (χ2n) is 5.53. The molecular formula is C18H16ClN3O2. The van der Waals surface area contributed by atoms with Crippen molar-refractivity contribution in [3.8, 4) is 0 Å². The molecule has 5 nitrogen and oxygen atoms in total. The summed E-state index contributed by atoms with van der Waals surface area (Å²) < 4.78 is 0. The lowest BCUT2D eigenvalue weighted by atomic mass is 10.1. The Hall–Kier alpha value is -2.66. The van der Waals surface area contributed by atoms with Gasteiger partial charge in [0.1, 0.15) is 0 Å². The Balaban J connectivity index is 1.80. The van der Waals surface area contributed by atoms with E-state index in [1.807, 2.05) is 31.2 Å². The van der Waals surface area contributed by atoms with Gasteiger partial charge in [-0.3, -0.25) is 9.59 Å². The highest BCUT2D eigenvalue weighted by atomic mass is 35.5. The topological polar surface area (TPSA) is 74.8 Å². The van der Waals surface area contributed by atoms with Crippen LogP contribution in [0.3, 0.4) is 0 Å². The lowest BCUT2D eigenvalue weighted by Gasteiger charge is -2.15. The second-order valence-corrected chi connectivity index (χ2v) is 5.94. The molecule has 3 rings (SSSR count). The summed E-state index contributed by atoms with van der Waals surface area (Å²) in [6.45, 7) is 1.87. The maximum atomic E-state index is 12.3. The van der Waals surface area contributed by atoms with E-state index < -0.39 is 0 Å². The minimum Gasteiger partial charge on any atom is -0.349 e. The molecule has 0 fully saturated rings. The Kier molecular flexibility index (Phi) is 4.62. The number of rotatable bonds is 4. The quantitative estimate of drug-likeness (QED) is 0.766. The van der Waals surface area contributed by atoms with Gasteiger partial charge in [-0.15, -0.1) is 0 Å². The molecule has 0 spiro atoms. The van der Waals surface area contributed by atoms with Crippen LogP contribution in [0.4, 0.5) is 0 Å². The van der Waals surface area contributed by atoms with Crippen molar-refractivity contribution in [1.82, 2.24) is 15.5 Å². The van der Waals surface area contributed by atoms with E-state index >= 15 is 0 Å². The van der Waals surface area contributed by atoms with Gasteiger partial charge in [0.25, 0.3) is 5.56 Å². The fourth-order valence-electron chi connectivity index (χ4n) is 2.65. The number of aromatic nitrogens is 2. The molecule has 1 aromatic heterocycles. The molecule has 1 heterocycles. The van der Waals surface area contributed by atoms with Crippen LogP contribution in [0.2, 0.25) is 5.02 Å². The largest absolute Gasteiger partial charge is 0.349 e. The van der Waals surface area contributed by atoms with Gasteiger partial charge in [0.2, 0.25) is 5.91 Å². The van der Waals surface area contributed by atoms with Gasteiger partial charge in [0.05, 0.1) is 23.5 Å². The van der Waals surface area contributed by atoms with Crippen LogP contribution in [-0.4, -0.2) is 16.1 Å². The number of carbonyl (C=O) groups is 1. The average molecular weight is 342 g/mol. The van der Waals surface area contributed by atoms with Crippen molar-refractivity contribution in [2.75, 3.05) is 0 Å². The molecule has 3 aromatic rings. The van der Waals surface area contributed by atoms with Gasteiger partial charge >= 0.3 is 0 Å². The van der Waals surface area contributed by atoms with Crippen molar-refractivity contribution in [2.24, 2.45) is 0 Å². The maximum Gasteiger partial charge on any atom is 0.272 e. The molecular weight excluding hydrogens is 326 g/mol. The standard InChI is InChI=1S/C18H16ClN3O2/c1-11(12-6-4-5-9-15(12)19)20-17(23)10-16-13-7-2-3-8-14(13)18(24)22-21-16/h2-9,11H,10H2,1H3,(H,20,23)(H,22,24)/t11-/m0/s1. The first-order valence-corrected chi connectivity index (χ1v) is 7.94. The number of halogens is 1. The predicted molar refractivity (Wildman–Crippen MR) is 94.1 cm³/mol. The van der Waals surface area contributed by atoms with E-state index in [4.69, 9.17) is 11.6 Å². The van der Waals surface area contributed by atoms with Crippen molar-refractivity contribution >= 4 is 28.3 Å². The molecule has 0 bridgehead atoms. The number of aromatic amines is 1. The summed E-state index contributed by atoms with van der Waals surface area (Å²) >= 11 is 6.15. The number of amides is 1. The lowest BCUT2D eigenvalue weighted by molar-refractivity contribution is -0.121. The zero-order valence-electron chi connectivity index (χ0n) is 13.0. The number of nitrogens with zero attached hydrogens (tertiary/aromatic N) is 1. The van der Waals surface area contributed by atoms with Gasteiger partial charge in [-0.1, -0.05) is 48.0 Å². The Morgan fingerprint density at radius 3 is 2.58 bits per heavy atom. The molecule has 0 aliphatic carbocycles. The molecule has 0 saturated heterocycles. The predicted octanol–water partition coefficient (Wildman–Crippen LogP) is 3.00. The minimum atomic E-state index is -0.265. The van der Waals surface area contributed by atoms with Crippen LogP contribution in [0, 0.1) is 0 Å². The molecule has 24 heavy (non-hydrogen) atoms. The first-order valence-electron chi connectivity index (χ1n) is 7.56. The third-order valence-electron chi connectivity index (χ3n) is 3.85. The van der Waals surface area contributed by atoms with Crippen molar-refractivity contribution in [3.63, 3.8) is 0 Å². The molecule has 1 amide bonds. The summed E-state index contributed by atoms with van der Waals surface area (Å²) in [5.41, 5.74) is 1.13. The zero-order valence-corrected chi connectivity index (χ0v) is 13.8. The normalized spacial score (nSPS) is 12.1. The second kappa shape index (κ2) is 6.84. The number of hydrogen-bond donors (Lipinski definition) is 2. The number of fused-ring (bicyclic) bond motifs is 1. The molecule has 2 aromatic carbocycles. The lowest BCUT2D eigenvalue weighted by Crippen LogP contribution is -2.29. The van der Waals surface area contributed by atoms with Gasteiger partial charge in [-0.25, -0.2) is 5.10 Å². The summed E-state index contributed by atoms with van der Waals surface area (Å²) in [5.74, 6) is -0.188. The van der Waals surface area contributed by atoms with Gasteiger partial charge in [-0.2, -0.15) is 5.10 Å². The smallest absolute Gasteiger partial charge is 0.272 e. The van der Waals surface area contributed by atoms with E-state index in [1.54, 1.807) is 24.3 Å². The number of hydrogen-bond acceptors (Lipinski definition) is 3. The average Bonchev–Trinajstić information content (AvgIpc) is 2.58. The van der Waals surface area contributed by atoms with Crippen molar-refractivity contribution < 1.29 is 4.79 Å². The summed E-state index contributed by atoms with van der Waals surface area (Å²) in [4.78, 5) is 24.1. The molecule has 122 valence electrons. The molecule has 2 N–H and O–H groups in total. The minimum absolute atomic E-state index is 0.0755. The van der Waals surface area contributed by atoms with Crippen LogP contribution >= 0.6 is 11.6 Å². The highest BCUT2D eigenvalue weighted by molar-refractivity contribution is 6.31. The van der Waals surface area contributed by atoms with Gasteiger partial charge in [-0.05, 0) is 24.6 Å². The molecule has 0 unspecified atom stereocenters. The fourth-order valence-corrected chi connectivity index (χ4v) is 2.95. The first-order chi connectivity index (χ1) is 11.6. The number of benzene rings is 2. The van der Waals surface area contributed by atoms with Crippen LogP contribution < -0.4 is 10.9 Å². The van der Waals surface area contributed by atoms with Crippen molar-refractivity contribution in [1.29, 1.82) is 0 Å². The Bertz CT molecular complexity index is 952. The van der Waals surface area contributed by atoms with Crippen LogP contribution in [0.5, 0.6) is 0 Å². The van der Waals surface area contributed by atoms with E-state index in [0.717, 1.165) is 5.56 Å². The third kappa shape index (κ3) is 3.31. The summed E-state index contributed by atoms with van der Waals surface area (Å²) in [5, 5.41) is 11.2. The van der Waals surface area contributed by atoms with Gasteiger partial charge in [0.15, 0.2) is 0 Å².